The number of methoxy groups -OCH3 is 1. The number of carbonyl (C=O) groups excluding carboxylic acids is 1. The van der Waals surface area contributed by atoms with Gasteiger partial charge in [0.2, 0.25) is 5.91 Å². The minimum absolute atomic E-state index is 0.268. The quantitative estimate of drug-likeness (QED) is 0.656. The second kappa shape index (κ2) is 11.7. The van der Waals surface area contributed by atoms with Crippen LogP contribution in [-0.2, 0) is 22.4 Å². The summed E-state index contributed by atoms with van der Waals surface area (Å²) in [4.78, 5) is 12.0. The van der Waals surface area contributed by atoms with Gasteiger partial charge < -0.3 is 19.9 Å². The van der Waals surface area contributed by atoms with Crippen LogP contribution in [0.5, 0.6) is 5.75 Å². The van der Waals surface area contributed by atoms with Gasteiger partial charge in [-0.05, 0) is 55.4 Å². The van der Waals surface area contributed by atoms with Gasteiger partial charge in [0.05, 0.1) is 7.11 Å². The number of hydrogen-bond donors (Lipinski definition) is 2. The summed E-state index contributed by atoms with van der Waals surface area (Å²) in [6, 6.07) is 15.7. The second-order valence-corrected chi connectivity index (χ2v) is 6.50. The number of hydrogen-bond acceptors (Lipinski definition) is 4. The fourth-order valence-corrected chi connectivity index (χ4v) is 2.61. The fraction of sp³-hybridized carbons (Fsp3) is 0.348. The van der Waals surface area contributed by atoms with Crippen LogP contribution in [0.25, 0.3) is 0 Å². The standard InChI is InChI=1S/C23H27NO4/c1-18-4-6-19(7-5-18)10-13-22(25)23(26)24-15-14-20-8-11-21(12-9-20)28-17-3-16-27-2/h4-9,11-12,22,25H,10,13-15,17H2,1-2H3,(H,24,26). The Hall–Kier alpha value is -2.97. The van der Waals surface area contributed by atoms with E-state index in [1.165, 1.54) is 12.7 Å². The topological polar surface area (TPSA) is 67.8 Å². The molecule has 2 aromatic carbocycles. The number of benzene rings is 2. The van der Waals surface area contributed by atoms with Gasteiger partial charge in [0, 0.05) is 6.54 Å². The molecule has 0 aliphatic rings. The number of ether oxygens (including phenoxy) is 2. The van der Waals surface area contributed by atoms with Crippen LogP contribution in [0.1, 0.15) is 23.1 Å². The summed E-state index contributed by atoms with van der Waals surface area (Å²) in [5.74, 6) is 3.11. The van der Waals surface area contributed by atoms with Gasteiger partial charge in [0.1, 0.15) is 18.0 Å². The molecule has 2 N–H and O–H groups in total. The van der Waals surface area contributed by atoms with Gasteiger partial charge in [-0.25, -0.2) is 0 Å². The van der Waals surface area contributed by atoms with Gasteiger partial charge in [-0.1, -0.05) is 42.0 Å². The van der Waals surface area contributed by atoms with Crippen LogP contribution in [0.15, 0.2) is 48.5 Å². The van der Waals surface area contributed by atoms with Gasteiger partial charge >= 0.3 is 0 Å². The molecule has 0 heterocycles. The van der Waals surface area contributed by atoms with E-state index in [9.17, 15) is 9.90 Å². The van der Waals surface area contributed by atoms with E-state index >= 15 is 0 Å². The number of amides is 1. The molecular weight excluding hydrogens is 354 g/mol. The van der Waals surface area contributed by atoms with Crippen LogP contribution >= 0.6 is 0 Å². The first kappa shape index (κ1) is 21.3. The molecule has 5 heteroatoms. The molecule has 148 valence electrons. The lowest BCUT2D eigenvalue weighted by atomic mass is 10.0. The highest BCUT2D eigenvalue weighted by atomic mass is 16.5. The van der Waals surface area contributed by atoms with E-state index in [0.717, 1.165) is 16.9 Å². The molecule has 0 bridgehead atoms. The molecular formula is C23H27NO4. The van der Waals surface area contributed by atoms with Gasteiger partial charge in [-0.2, -0.15) is 0 Å². The Balaban J connectivity index is 1.67. The number of nitrogens with one attached hydrogen (secondary N) is 1. The Morgan fingerprint density at radius 2 is 1.71 bits per heavy atom. The summed E-state index contributed by atoms with van der Waals surface area (Å²) in [7, 11) is 1.50. The summed E-state index contributed by atoms with van der Waals surface area (Å²) in [5, 5.41) is 12.8. The molecule has 2 aromatic rings. The normalized spacial score (nSPS) is 11.1. The Morgan fingerprint density at radius 3 is 2.39 bits per heavy atom. The molecule has 0 fully saturated rings. The molecule has 0 aliphatic heterocycles. The maximum absolute atomic E-state index is 12.0. The number of aliphatic hydroxyl groups excluding tert-OH is 1. The third-order valence-corrected chi connectivity index (χ3v) is 4.25. The summed E-state index contributed by atoms with van der Waals surface area (Å²) in [5.41, 5.74) is 3.39. The van der Waals surface area contributed by atoms with Crippen LogP contribution < -0.4 is 10.1 Å². The molecule has 0 radical (unpaired) electrons. The lowest BCUT2D eigenvalue weighted by molar-refractivity contribution is -0.129. The zero-order chi connectivity index (χ0) is 20.2. The average molecular weight is 381 g/mol. The molecule has 1 unspecified atom stereocenters. The van der Waals surface area contributed by atoms with Crippen molar-refractivity contribution in [1.82, 2.24) is 5.32 Å². The molecule has 2 rings (SSSR count). The third kappa shape index (κ3) is 7.73. The number of aliphatic hydroxyl groups is 1. The van der Waals surface area contributed by atoms with Crippen molar-refractivity contribution in [2.45, 2.75) is 32.3 Å². The zero-order valence-electron chi connectivity index (χ0n) is 16.4. The smallest absolute Gasteiger partial charge is 0.248 e. The van der Waals surface area contributed by atoms with Gasteiger partial charge in [0.25, 0.3) is 0 Å². The Kier molecular flexibility index (Phi) is 8.90. The van der Waals surface area contributed by atoms with Crippen molar-refractivity contribution < 1.29 is 19.4 Å². The van der Waals surface area contributed by atoms with Crippen LogP contribution in [0, 0.1) is 19.0 Å². The van der Waals surface area contributed by atoms with E-state index in [1.54, 1.807) is 0 Å². The maximum atomic E-state index is 12.0. The predicted octanol–water partition coefficient (Wildman–Crippen LogP) is 2.63. The zero-order valence-corrected chi connectivity index (χ0v) is 16.4. The molecule has 1 amide bonds. The molecule has 5 nitrogen and oxygen atoms in total. The molecule has 0 spiro atoms. The maximum Gasteiger partial charge on any atom is 0.248 e. The summed E-state index contributed by atoms with van der Waals surface area (Å²) >= 11 is 0. The number of rotatable bonds is 9. The first-order valence-corrected chi connectivity index (χ1v) is 9.32. The van der Waals surface area contributed by atoms with Crippen LogP contribution in [-0.4, -0.2) is 37.4 Å². The Morgan fingerprint density at radius 1 is 1.07 bits per heavy atom. The van der Waals surface area contributed by atoms with Crippen molar-refractivity contribution in [2.24, 2.45) is 0 Å². The van der Waals surface area contributed by atoms with Crippen molar-refractivity contribution in [1.29, 1.82) is 0 Å². The monoisotopic (exact) mass is 381 g/mol. The fourth-order valence-electron chi connectivity index (χ4n) is 2.61. The van der Waals surface area contributed by atoms with Gasteiger partial charge in [0.15, 0.2) is 6.61 Å². The van der Waals surface area contributed by atoms with E-state index in [0.29, 0.717) is 25.8 Å². The highest BCUT2D eigenvalue weighted by Gasteiger charge is 2.14. The van der Waals surface area contributed by atoms with Gasteiger partial charge in [-0.3, -0.25) is 4.79 Å². The average Bonchev–Trinajstić information content (AvgIpc) is 2.71. The van der Waals surface area contributed by atoms with Crippen molar-refractivity contribution in [2.75, 3.05) is 20.3 Å². The highest BCUT2D eigenvalue weighted by Crippen LogP contribution is 2.12. The van der Waals surface area contributed by atoms with E-state index in [-0.39, 0.29) is 12.5 Å². The van der Waals surface area contributed by atoms with E-state index in [4.69, 9.17) is 4.74 Å². The van der Waals surface area contributed by atoms with Crippen LogP contribution in [0.2, 0.25) is 0 Å². The lowest BCUT2D eigenvalue weighted by Gasteiger charge is -2.12. The Bertz CT molecular complexity index is 788. The molecule has 1 atom stereocenters. The highest BCUT2D eigenvalue weighted by molar-refractivity contribution is 5.80. The first-order chi connectivity index (χ1) is 13.6. The number of carbonyl (C=O) groups is 1. The summed E-state index contributed by atoms with van der Waals surface area (Å²) in [6.07, 6.45) is 3.23. The molecule has 0 aromatic heterocycles. The molecule has 0 saturated heterocycles. The lowest BCUT2D eigenvalue weighted by Crippen LogP contribution is -2.36. The molecule has 0 aliphatic carbocycles. The Labute approximate surface area is 166 Å². The van der Waals surface area contributed by atoms with Crippen molar-refractivity contribution in [3.63, 3.8) is 0 Å². The van der Waals surface area contributed by atoms with Gasteiger partial charge in [-0.15, -0.1) is 0 Å². The SMILES string of the molecule is COC#CCOc1ccc(CCNC(=O)C(O)CCc2ccc(C)cc2)cc1. The van der Waals surface area contributed by atoms with Crippen molar-refractivity contribution in [3.8, 4) is 17.8 Å². The van der Waals surface area contributed by atoms with Crippen molar-refractivity contribution >= 4 is 5.91 Å². The van der Waals surface area contributed by atoms with Crippen LogP contribution in [0.4, 0.5) is 0 Å². The minimum atomic E-state index is -0.995. The first-order valence-electron chi connectivity index (χ1n) is 9.32. The molecule has 0 saturated carbocycles. The van der Waals surface area contributed by atoms with E-state index in [1.807, 2.05) is 55.5 Å². The summed E-state index contributed by atoms with van der Waals surface area (Å²) < 4.78 is 10.1. The number of aryl methyl sites for hydroxylation is 2. The van der Waals surface area contributed by atoms with E-state index in [2.05, 4.69) is 22.1 Å². The largest absolute Gasteiger partial charge is 0.481 e. The van der Waals surface area contributed by atoms with Crippen LogP contribution in [0.3, 0.4) is 0 Å². The summed E-state index contributed by atoms with van der Waals surface area (Å²) in [6.45, 7) is 2.77. The van der Waals surface area contributed by atoms with Crippen molar-refractivity contribution in [3.05, 3.63) is 65.2 Å². The predicted molar refractivity (Wildman–Crippen MR) is 109 cm³/mol. The molecule has 28 heavy (non-hydrogen) atoms. The minimum Gasteiger partial charge on any atom is -0.481 e. The third-order valence-electron chi connectivity index (χ3n) is 4.25. The second-order valence-electron chi connectivity index (χ2n) is 6.50. The van der Waals surface area contributed by atoms with E-state index < -0.39 is 6.10 Å².